The van der Waals surface area contributed by atoms with E-state index in [0.717, 1.165) is 38.3 Å². The number of rotatable bonds is 4. The zero-order valence-electron chi connectivity index (χ0n) is 14.3. The van der Waals surface area contributed by atoms with Crippen LogP contribution < -0.4 is 0 Å². The summed E-state index contributed by atoms with van der Waals surface area (Å²) in [5.74, 6) is 0.180. The maximum Gasteiger partial charge on any atom is 0.253 e. The quantitative estimate of drug-likeness (QED) is 0.792. The Morgan fingerprint density at radius 2 is 1.78 bits per heavy atom. The average molecular weight is 312 g/mol. The first-order chi connectivity index (χ1) is 11.2. The molecule has 23 heavy (non-hydrogen) atoms. The standard InChI is InChI=1S/C20H28N2O/c1-17-7-9-19(10-8-17)20(23)22-15-13-21(14-16-22)12-11-18-5-3-2-4-6-18/h5,7-10H,2-4,6,11-16H2,1H3. The lowest BCUT2D eigenvalue weighted by atomic mass is 9.97. The highest BCUT2D eigenvalue weighted by atomic mass is 16.2. The fraction of sp³-hybridized carbons (Fsp3) is 0.550. The van der Waals surface area contributed by atoms with Crippen LogP contribution in [0, 0.1) is 6.92 Å². The first-order valence-electron chi connectivity index (χ1n) is 8.98. The van der Waals surface area contributed by atoms with E-state index in [1.165, 1.54) is 37.7 Å². The van der Waals surface area contributed by atoms with E-state index < -0.39 is 0 Å². The van der Waals surface area contributed by atoms with Crippen molar-refractivity contribution in [3.8, 4) is 0 Å². The van der Waals surface area contributed by atoms with Crippen LogP contribution in [0.3, 0.4) is 0 Å². The molecular formula is C20H28N2O. The van der Waals surface area contributed by atoms with Crippen LogP contribution in [0.4, 0.5) is 0 Å². The van der Waals surface area contributed by atoms with E-state index in [4.69, 9.17) is 0 Å². The Bertz CT molecular complexity index is 554. The van der Waals surface area contributed by atoms with Gasteiger partial charge in [0.2, 0.25) is 0 Å². The van der Waals surface area contributed by atoms with Gasteiger partial charge in [0.15, 0.2) is 0 Å². The molecule has 1 amide bonds. The molecule has 0 aromatic heterocycles. The number of nitrogens with zero attached hydrogens (tertiary/aromatic N) is 2. The topological polar surface area (TPSA) is 23.6 Å². The minimum Gasteiger partial charge on any atom is -0.336 e. The lowest BCUT2D eigenvalue weighted by Gasteiger charge is -2.35. The van der Waals surface area contributed by atoms with Gasteiger partial charge in [-0.2, -0.15) is 0 Å². The highest BCUT2D eigenvalue weighted by molar-refractivity contribution is 5.94. The highest BCUT2D eigenvalue weighted by Gasteiger charge is 2.22. The second kappa shape index (κ2) is 7.78. The third-order valence-electron chi connectivity index (χ3n) is 5.09. The third-order valence-corrected chi connectivity index (χ3v) is 5.09. The van der Waals surface area contributed by atoms with Crippen LogP contribution in [0.1, 0.15) is 48.0 Å². The van der Waals surface area contributed by atoms with Gasteiger partial charge in [-0.3, -0.25) is 9.69 Å². The van der Waals surface area contributed by atoms with Crippen LogP contribution in [0.25, 0.3) is 0 Å². The molecule has 0 unspecified atom stereocenters. The lowest BCUT2D eigenvalue weighted by Crippen LogP contribution is -2.48. The van der Waals surface area contributed by atoms with Crippen LogP contribution >= 0.6 is 0 Å². The summed E-state index contributed by atoms with van der Waals surface area (Å²) in [5, 5.41) is 0. The summed E-state index contributed by atoms with van der Waals surface area (Å²) in [7, 11) is 0. The van der Waals surface area contributed by atoms with Crippen molar-refractivity contribution in [3.05, 3.63) is 47.0 Å². The van der Waals surface area contributed by atoms with Gasteiger partial charge in [-0.1, -0.05) is 29.3 Å². The van der Waals surface area contributed by atoms with Crippen molar-refractivity contribution in [3.63, 3.8) is 0 Å². The van der Waals surface area contributed by atoms with Crippen molar-refractivity contribution < 1.29 is 4.79 Å². The number of benzene rings is 1. The van der Waals surface area contributed by atoms with Crippen LogP contribution in [0.2, 0.25) is 0 Å². The molecule has 1 aliphatic carbocycles. The molecule has 0 N–H and O–H groups in total. The van der Waals surface area contributed by atoms with Crippen molar-refractivity contribution >= 4 is 5.91 Å². The monoisotopic (exact) mass is 312 g/mol. The predicted octanol–water partition coefficient (Wildman–Crippen LogP) is 3.64. The van der Waals surface area contributed by atoms with E-state index in [1.54, 1.807) is 5.57 Å². The molecule has 1 fully saturated rings. The van der Waals surface area contributed by atoms with Crippen molar-refractivity contribution in [1.82, 2.24) is 9.80 Å². The summed E-state index contributed by atoms with van der Waals surface area (Å²) in [5.41, 5.74) is 3.66. The summed E-state index contributed by atoms with van der Waals surface area (Å²) in [6, 6.07) is 7.92. The van der Waals surface area contributed by atoms with Gasteiger partial charge in [0.25, 0.3) is 5.91 Å². The number of carbonyl (C=O) groups excluding carboxylic acids is 1. The maximum atomic E-state index is 12.5. The zero-order chi connectivity index (χ0) is 16.1. The summed E-state index contributed by atoms with van der Waals surface area (Å²) >= 11 is 0. The number of hydrogen-bond donors (Lipinski definition) is 0. The fourth-order valence-electron chi connectivity index (χ4n) is 3.49. The molecule has 3 rings (SSSR count). The number of piperazine rings is 1. The first-order valence-corrected chi connectivity index (χ1v) is 8.98. The number of hydrogen-bond acceptors (Lipinski definition) is 2. The van der Waals surface area contributed by atoms with Gasteiger partial charge in [0.05, 0.1) is 0 Å². The Labute approximate surface area is 140 Å². The lowest BCUT2D eigenvalue weighted by molar-refractivity contribution is 0.0638. The van der Waals surface area contributed by atoms with Crippen molar-refractivity contribution in [2.45, 2.75) is 39.0 Å². The van der Waals surface area contributed by atoms with Crippen molar-refractivity contribution in [2.24, 2.45) is 0 Å². The van der Waals surface area contributed by atoms with Crippen LogP contribution in [-0.2, 0) is 0 Å². The molecule has 2 aliphatic rings. The summed E-state index contributed by atoms with van der Waals surface area (Å²) in [6.45, 7) is 6.92. The molecule has 3 heteroatoms. The first kappa shape index (κ1) is 16.3. The highest BCUT2D eigenvalue weighted by Crippen LogP contribution is 2.20. The normalized spacial score (nSPS) is 19.5. The molecular weight excluding hydrogens is 284 g/mol. The number of carbonyl (C=O) groups is 1. The van der Waals surface area contributed by atoms with Crippen LogP contribution in [0.5, 0.6) is 0 Å². The van der Waals surface area contributed by atoms with Gasteiger partial charge in [-0.05, 0) is 51.2 Å². The van der Waals surface area contributed by atoms with Gasteiger partial charge in [0, 0.05) is 38.3 Å². The molecule has 3 nitrogen and oxygen atoms in total. The second-order valence-corrected chi connectivity index (χ2v) is 6.86. The molecule has 0 spiro atoms. The Morgan fingerprint density at radius 1 is 1.04 bits per heavy atom. The molecule has 1 saturated heterocycles. The van der Waals surface area contributed by atoms with E-state index in [2.05, 4.69) is 17.9 Å². The predicted molar refractivity (Wildman–Crippen MR) is 94.7 cm³/mol. The van der Waals surface area contributed by atoms with Crippen LogP contribution in [0.15, 0.2) is 35.9 Å². The molecule has 0 bridgehead atoms. The molecule has 124 valence electrons. The largest absolute Gasteiger partial charge is 0.336 e. The minimum absolute atomic E-state index is 0.180. The summed E-state index contributed by atoms with van der Waals surface area (Å²) in [4.78, 5) is 17.0. The number of aryl methyl sites for hydroxylation is 1. The third kappa shape index (κ3) is 4.44. The Morgan fingerprint density at radius 3 is 2.43 bits per heavy atom. The molecule has 1 aromatic carbocycles. The second-order valence-electron chi connectivity index (χ2n) is 6.86. The van der Waals surface area contributed by atoms with Gasteiger partial charge in [-0.25, -0.2) is 0 Å². The molecule has 0 saturated carbocycles. The van der Waals surface area contributed by atoms with E-state index in [1.807, 2.05) is 29.2 Å². The fourth-order valence-corrected chi connectivity index (χ4v) is 3.49. The molecule has 1 heterocycles. The molecule has 0 radical (unpaired) electrons. The van der Waals surface area contributed by atoms with Crippen molar-refractivity contribution in [1.29, 1.82) is 0 Å². The Hall–Kier alpha value is -1.61. The smallest absolute Gasteiger partial charge is 0.253 e. The van der Waals surface area contributed by atoms with E-state index in [9.17, 15) is 4.79 Å². The van der Waals surface area contributed by atoms with Crippen molar-refractivity contribution in [2.75, 3.05) is 32.7 Å². The van der Waals surface area contributed by atoms with E-state index in [-0.39, 0.29) is 5.91 Å². The van der Waals surface area contributed by atoms with Gasteiger partial charge in [-0.15, -0.1) is 0 Å². The van der Waals surface area contributed by atoms with Gasteiger partial charge in [0.1, 0.15) is 0 Å². The SMILES string of the molecule is Cc1ccc(C(=O)N2CCN(CCC3=CCCCC3)CC2)cc1. The van der Waals surface area contributed by atoms with E-state index >= 15 is 0 Å². The minimum atomic E-state index is 0.180. The Kier molecular flexibility index (Phi) is 5.50. The Balaban J connectivity index is 1.45. The number of amides is 1. The summed E-state index contributed by atoms with van der Waals surface area (Å²) < 4.78 is 0. The van der Waals surface area contributed by atoms with Gasteiger partial charge < -0.3 is 4.90 Å². The van der Waals surface area contributed by atoms with E-state index in [0.29, 0.717) is 0 Å². The number of allylic oxidation sites excluding steroid dienone is 1. The molecule has 0 atom stereocenters. The zero-order valence-corrected chi connectivity index (χ0v) is 14.3. The van der Waals surface area contributed by atoms with Crippen LogP contribution in [-0.4, -0.2) is 48.4 Å². The molecule has 1 aliphatic heterocycles. The van der Waals surface area contributed by atoms with Gasteiger partial charge >= 0.3 is 0 Å². The maximum absolute atomic E-state index is 12.5. The summed E-state index contributed by atoms with van der Waals surface area (Å²) in [6.07, 6.45) is 8.96. The average Bonchev–Trinajstić information content (AvgIpc) is 2.61. The molecule has 1 aromatic rings.